The fourth-order valence-electron chi connectivity index (χ4n) is 0.715. The predicted molar refractivity (Wildman–Crippen MR) is 37.9 cm³/mol. The number of halogens is 3. The van der Waals surface area contributed by atoms with E-state index in [2.05, 4.69) is 4.74 Å². The Balaban J connectivity index is 2.57. The third-order valence-corrected chi connectivity index (χ3v) is 1.20. The third kappa shape index (κ3) is 2.45. The van der Waals surface area contributed by atoms with Gasteiger partial charge in [-0.15, -0.1) is 0 Å². The smallest absolute Gasteiger partial charge is 0.272 e. The minimum Gasteiger partial charge on any atom is -0.485 e. The van der Waals surface area contributed by atoms with E-state index in [0.717, 1.165) is 6.07 Å². The van der Waals surface area contributed by atoms with Gasteiger partial charge in [-0.1, -0.05) is 12.1 Å². The first-order valence-electron chi connectivity index (χ1n) is 3.35. The van der Waals surface area contributed by atoms with Crippen molar-refractivity contribution in [3.63, 3.8) is 0 Å². The molecule has 1 aromatic rings. The quantitative estimate of drug-likeness (QED) is 0.687. The van der Waals surface area contributed by atoms with Gasteiger partial charge < -0.3 is 4.74 Å². The first kappa shape index (κ1) is 8.90. The van der Waals surface area contributed by atoms with E-state index in [1.165, 1.54) is 18.2 Å². The lowest BCUT2D eigenvalue weighted by atomic mass is 10.3. The van der Waals surface area contributed by atoms with E-state index < -0.39 is 18.8 Å². The van der Waals surface area contributed by atoms with E-state index >= 15 is 0 Å². The number of benzene rings is 1. The molecular weight excluding hydrogens is 169 g/mol. The number of para-hydroxylation sites is 1. The standard InChI is InChI=1S/C8H7F3O/c9-6-3-1-2-4-7(6)12-5-8(10)11/h1-4,8H,5H2. The Hall–Kier alpha value is -1.19. The molecule has 0 heterocycles. The van der Waals surface area contributed by atoms with Crippen molar-refractivity contribution in [1.82, 2.24) is 0 Å². The maximum Gasteiger partial charge on any atom is 0.272 e. The number of alkyl halides is 2. The van der Waals surface area contributed by atoms with Crippen LogP contribution in [0.2, 0.25) is 0 Å². The van der Waals surface area contributed by atoms with Crippen LogP contribution in [0.25, 0.3) is 0 Å². The summed E-state index contributed by atoms with van der Waals surface area (Å²) in [4.78, 5) is 0. The van der Waals surface area contributed by atoms with E-state index in [1.807, 2.05) is 0 Å². The summed E-state index contributed by atoms with van der Waals surface area (Å²) in [5.74, 6) is -0.768. The van der Waals surface area contributed by atoms with Crippen LogP contribution in [0.15, 0.2) is 24.3 Å². The lowest BCUT2D eigenvalue weighted by Gasteiger charge is -2.04. The summed E-state index contributed by atoms with van der Waals surface area (Å²) in [6, 6.07) is 5.44. The van der Waals surface area contributed by atoms with E-state index in [4.69, 9.17) is 0 Å². The van der Waals surface area contributed by atoms with Crippen LogP contribution in [-0.4, -0.2) is 13.0 Å². The fourth-order valence-corrected chi connectivity index (χ4v) is 0.715. The molecule has 0 spiro atoms. The minimum atomic E-state index is -2.58. The Morgan fingerprint density at radius 3 is 2.50 bits per heavy atom. The summed E-state index contributed by atoms with van der Waals surface area (Å²) in [5.41, 5.74) is 0. The Kier molecular flexibility index (Phi) is 2.96. The maximum absolute atomic E-state index is 12.7. The zero-order valence-corrected chi connectivity index (χ0v) is 6.14. The highest BCUT2D eigenvalue weighted by molar-refractivity contribution is 5.23. The van der Waals surface area contributed by atoms with Gasteiger partial charge in [-0.05, 0) is 12.1 Å². The van der Waals surface area contributed by atoms with Crippen LogP contribution >= 0.6 is 0 Å². The number of ether oxygens (including phenoxy) is 1. The van der Waals surface area contributed by atoms with Crippen molar-refractivity contribution >= 4 is 0 Å². The van der Waals surface area contributed by atoms with Crippen molar-refractivity contribution in [2.45, 2.75) is 6.43 Å². The van der Waals surface area contributed by atoms with Crippen LogP contribution in [0.4, 0.5) is 13.2 Å². The van der Waals surface area contributed by atoms with Crippen molar-refractivity contribution in [2.75, 3.05) is 6.61 Å². The van der Waals surface area contributed by atoms with Gasteiger partial charge in [0.25, 0.3) is 6.43 Å². The third-order valence-electron chi connectivity index (χ3n) is 1.20. The molecule has 0 N–H and O–H groups in total. The first-order valence-corrected chi connectivity index (χ1v) is 3.35. The molecule has 0 radical (unpaired) electrons. The largest absolute Gasteiger partial charge is 0.485 e. The average molecular weight is 176 g/mol. The van der Waals surface area contributed by atoms with Gasteiger partial charge in [-0.2, -0.15) is 0 Å². The van der Waals surface area contributed by atoms with Gasteiger partial charge >= 0.3 is 0 Å². The Morgan fingerprint density at radius 1 is 1.25 bits per heavy atom. The molecule has 0 aliphatic heterocycles. The van der Waals surface area contributed by atoms with Gasteiger partial charge in [0.1, 0.15) is 6.61 Å². The second-order valence-electron chi connectivity index (χ2n) is 2.13. The van der Waals surface area contributed by atoms with Crippen LogP contribution in [0.5, 0.6) is 5.75 Å². The fraction of sp³-hybridized carbons (Fsp3) is 0.250. The molecule has 1 nitrogen and oxygen atoms in total. The van der Waals surface area contributed by atoms with Gasteiger partial charge in [0, 0.05) is 0 Å². The summed E-state index contributed by atoms with van der Waals surface area (Å²) in [6.07, 6.45) is -2.58. The van der Waals surface area contributed by atoms with E-state index in [0.29, 0.717) is 0 Å². The molecule has 0 atom stereocenters. The zero-order valence-electron chi connectivity index (χ0n) is 6.14. The van der Waals surface area contributed by atoms with Crippen LogP contribution in [0.1, 0.15) is 0 Å². The second kappa shape index (κ2) is 3.99. The van der Waals surface area contributed by atoms with Gasteiger partial charge in [-0.3, -0.25) is 0 Å². The summed E-state index contributed by atoms with van der Waals surface area (Å²) in [7, 11) is 0. The Bertz CT molecular complexity index is 250. The second-order valence-corrected chi connectivity index (χ2v) is 2.13. The van der Waals surface area contributed by atoms with Crippen LogP contribution in [0, 0.1) is 5.82 Å². The van der Waals surface area contributed by atoms with Crippen molar-refractivity contribution in [2.24, 2.45) is 0 Å². The van der Waals surface area contributed by atoms with Crippen LogP contribution in [-0.2, 0) is 0 Å². The van der Waals surface area contributed by atoms with Crippen molar-refractivity contribution in [3.05, 3.63) is 30.1 Å². The van der Waals surface area contributed by atoms with Gasteiger partial charge in [0.2, 0.25) is 0 Å². The Morgan fingerprint density at radius 2 is 1.92 bits per heavy atom. The molecule has 0 aliphatic rings. The van der Waals surface area contributed by atoms with Crippen molar-refractivity contribution in [3.8, 4) is 5.75 Å². The van der Waals surface area contributed by atoms with Crippen molar-refractivity contribution in [1.29, 1.82) is 0 Å². The molecule has 0 saturated carbocycles. The molecule has 0 amide bonds. The molecule has 0 fully saturated rings. The highest BCUT2D eigenvalue weighted by Crippen LogP contribution is 2.15. The van der Waals surface area contributed by atoms with Crippen LogP contribution in [0.3, 0.4) is 0 Å². The first-order chi connectivity index (χ1) is 5.70. The zero-order chi connectivity index (χ0) is 8.97. The summed E-state index contributed by atoms with van der Waals surface area (Å²) >= 11 is 0. The average Bonchev–Trinajstić information content (AvgIpc) is 2.03. The lowest BCUT2D eigenvalue weighted by Crippen LogP contribution is -2.07. The predicted octanol–water partition coefficient (Wildman–Crippen LogP) is 2.47. The monoisotopic (exact) mass is 176 g/mol. The SMILES string of the molecule is Fc1ccccc1OCC(F)F. The molecule has 0 aromatic heterocycles. The molecule has 4 heteroatoms. The van der Waals surface area contributed by atoms with Gasteiger partial charge in [0.15, 0.2) is 11.6 Å². The topological polar surface area (TPSA) is 9.23 Å². The van der Waals surface area contributed by atoms with Gasteiger partial charge in [-0.25, -0.2) is 13.2 Å². The molecule has 66 valence electrons. The summed E-state index contributed by atoms with van der Waals surface area (Å²) < 4.78 is 40.4. The number of hydrogen-bond acceptors (Lipinski definition) is 1. The molecule has 0 bridgehead atoms. The van der Waals surface area contributed by atoms with Crippen LogP contribution < -0.4 is 4.74 Å². The van der Waals surface area contributed by atoms with Gasteiger partial charge in [0.05, 0.1) is 0 Å². The molecule has 0 unspecified atom stereocenters. The van der Waals surface area contributed by atoms with E-state index in [1.54, 1.807) is 0 Å². The minimum absolute atomic E-state index is 0.141. The molecule has 0 saturated heterocycles. The Labute approximate surface area is 67.8 Å². The normalized spacial score (nSPS) is 10.3. The highest BCUT2D eigenvalue weighted by atomic mass is 19.3. The maximum atomic E-state index is 12.7. The van der Waals surface area contributed by atoms with E-state index in [9.17, 15) is 13.2 Å². The number of rotatable bonds is 3. The summed E-state index contributed by atoms with van der Waals surface area (Å²) in [6.45, 7) is -0.777. The number of hydrogen-bond donors (Lipinski definition) is 0. The summed E-state index contributed by atoms with van der Waals surface area (Å²) in [5, 5.41) is 0. The molecule has 1 aromatic carbocycles. The molecule has 0 aliphatic carbocycles. The molecular formula is C8H7F3O. The molecule has 1 rings (SSSR count). The molecule has 12 heavy (non-hydrogen) atoms. The van der Waals surface area contributed by atoms with E-state index in [-0.39, 0.29) is 5.75 Å². The highest BCUT2D eigenvalue weighted by Gasteiger charge is 2.06. The lowest BCUT2D eigenvalue weighted by molar-refractivity contribution is 0.0799. The van der Waals surface area contributed by atoms with Crippen molar-refractivity contribution < 1.29 is 17.9 Å².